The van der Waals surface area contributed by atoms with Crippen LogP contribution in [0.2, 0.25) is 5.02 Å². The monoisotopic (exact) mass is 505 g/mol. The lowest BCUT2D eigenvalue weighted by Gasteiger charge is -2.36. The van der Waals surface area contributed by atoms with Gasteiger partial charge in [0.15, 0.2) is 0 Å². The largest absolute Gasteiger partial charge is 0.488 e. The minimum Gasteiger partial charge on any atom is -0.488 e. The highest BCUT2D eigenvalue weighted by molar-refractivity contribution is 6.33. The first kappa shape index (κ1) is 28.6. The smallest absolute Gasteiger partial charge is 0.288 e. The summed E-state index contributed by atoms with van der Waals surface area (Å²) in [4.78, 5) is 25.8. The quantitative estimate of drug-likeness (QED) is 0.336. The lowest BCUT2D eigenvalue weighted by Crippen LogP contribution is -2.52. The Labute approximate surface area is 212 Å². The minimum absolute atomic E-state index is 0.000966. The Morgan fingerprint density at radius 2 is 1.86 bits per heavy atom. The number of nitrogens with two attached hydrogens (primary N) is 1. The third-order valence-electron chi connectivity index (χ3n) is 5.89. The lowest BCUT2D eigenvalue weighted by atomic mass is 9.96. The number of hydrogen-bond donors (Lipinski definition) is 2. The van der Waals surface area contributed by atoms with Crippen molar-refractivity contribution in [3.63, 3.8) is 0 Å². The maximum atomic E-state index is 13.5. The number of aliphatic hydroxyl groups excluding tert-OH is 1. The van der Waals surface area contributed by atoms with Crippen molar-refractivity contribution >= 4 is 23.2 Å². The number of rotatable bonds is 11. The Morgan fingerprint density at radius 1 is 1.23 bits per heavy atom. The number of carbonyl (C=O) groups excluding carboxylic acids is 1. The molecule has 0 spiro atoms. The van der Waals surface area contributed by atoms with E-state index in [9.17, 15) is 20.0 Å². The van der Waals surface area contributed by atoms with E-state index in [1.54, 1.807) is 6.07 Å². The molecule has 9 heteroatoms. The number of ether oxygens (including phenoxy) is 1. The maximum Gasteiger partial charge on any atom is 0.288 e. The zero-order chi connectivity index (χ0) is 26.3. The van der Waals surface area contributed by atoms with Crippen molar-refractivity contribution in [3.8, 4) is 5.75 Å². The summed E-state index contributed by atoms with van der Waals surface area (Å²) in [6, 6.07) is 10.5. The van der Waals surface area contributed by atoms with Crippen LogP contribution in [0.4, 0.5) is 5.69 Å². The highest BCUT2D eigenvalue weighted by Crippen LogP contribution is 2.30. The zero-order valence-corrected chi connectivity index (χ0v) is 21.8. The summed E-state index contributed by atoms with van der Waals surface area (Å²) in [5, 5.41) is 21.4. The van der Waals surface area contributed by atoms with Crippen molar-refractivity contribution in [2.75, 3.05) is 6.61 Å². The van der Waals surface area contributed by atoms with Gasteiger partial charge in [0.05, 0.1) is 23.6 Å². The molecule has 0 radical (unpaired) electrons. The average Bonchev–Trinajstić information content (AvgIpc) is 2.79. The van der Waals surface area contributed by atoms with Crippen LogP contribution in [0.15, 0.2) is 42.5 Å². The Hall–Kier alpha value is -2.68. The molecule has 1 amide bonds. The molecule has 2 aromatic rings. The van der Waals surface area contributed by atoms with Crippen LogP contribution >= 0.6 is 11.6 Å². The van der Waals surface area contributed by atoms with Crippen LogP contribution in [-0.2, 0) is 17.8 Å². The van der Waals surface area contributed by atoms with Crippen molar-refractivity contribution in [2.45, 2.75) is 71.7 Å². The van der Waals surface area contributed by atoms with Gasteiger partial charge in [-0.15, -0.1) is 0 Å². The van der Waals surface area contributed by atoms with E-state index in [1.807, 2.05) is 58.9 Å². The molecule has 0 unspecified atom stereocenters. The number of carbonyl (C=O) groups is 1. The van der Waals surface area contributed by atoms with Crippen LogP contribution in [0.25, 0.3) is 0 Å². The molecule has 8 nitrogen and oxygen atoms in total. The van der Waals surface area contributed by atoms with E-state index < -0.39 is 17.0 Å². The summed E-state index contributed by atoms with van der Waals surface area (Å²) in [5.41, 5.74) is 7.08. The number of amides is 1. The molecule has 0 saturated heterocycles. The van der Waals surface area contributed by atoms with Crippen LogP contribution in [0.3, 0.4) is 0 Å². The van der Waals surface area contributed by atoms with Gasteiger partial charge >= 0.3 is 0 Å². The molecule has 0 aliphatic rings. The molecule has 0 heterocycles. The van der Waals surface area contributed by atoms with Crippen LogP contribution in [0.5, 0.6) is 5.75 Å². The molecular weight excluding hydrogens is 470 g/mol. The number of halogens is 1. The van der Waals surface area contributed by atoms with E-state index in [-0.39, 0.29) is 47.7 Å². The van der Waals surface area contributed by atoms with E-state index >= 15 is 0 Å². The second-order valence-corrected chi connectivity index (χ2v) is 10.2. The van der Waals surface area contributed by atoms with Gasteiger partial charge in [0, 0.05) is 12.6 Å². The Bertz CT molecular complexity index is 1010. The second kappa shape index (κ2) is 12.3. The number of benzene rings is 2. The first-order valence-corrected chi connectivity index (χ1v) is 12.1. The van der Waals surface area contributed by atoms with Gasteiger partial charge in [-0.25, -0.2) is 0 Å². The molecule has 0 aromatic heterocycles. The van der Waals surface area contributed by atoms with Crippen molar-refractivity contribution in [1.82, 2.24) is 4.90 Å². The normalized spacial score (nSPS) is 14.2. The molecule has 2 rings (SSSR count). The molecular formula is C26H36ClN3O5. The lowest BCUT2D eigenvalue weighted by molar-refractivity contribution is -0.384. The van der Waals surface area contributed by atoms with Crippen LogP contribution in [0.1, 0.15) is 52.2 Å². The highest BCUT2D eigenvalue weighted by atomic mass is 35.5. The number of hydrogen-bond acceptors (Lipinski definition) is 6. The summed E-state index contributed by atoms with van der Waals surface area (Å²) < 4.78 is 5.84. The van der Waals surface area contributed by atoms with Gasteiger partial charge in [0.25, 0.3) is 5.69 Å². The zero-order valence-electron chi connectivity index (χ0n) is 21.0. The molecule has 0 saturated carbocycles. The highest BCUT2D eigenvalue weighted by Gasteiger charge is 2.32. The van der Waals surface area contributed by atoms with Gasteiger partial charge in [0.2, 0.25) is 5.91 Å². The van der Waals surface area contributed by atoms with Gasteiger partial charge in [-0.2, -0.15) is 0 Å². The predicted molar refractivity (Wildman–Crippen MR) is 137 cm³/mol. The van der Waals surface area contributed by atoms with E-state index in [4.69, 9.17) is 22.1 Å². The summed E-state index contributed by atoms with van der Waals surface area (Å²) >= 11 is 6.30. The first-order valence-electron chi connectivity index (χ1n) is 11.7. The molecule has 3 atom stereocenters. The SMILES string of the molecule is CC[C@H](C)[C@@H](CO)N(Cc1cccc([N+](=O)[O-])c1Cl)C(=O)[C@@H](N)Cc1ccc(OC(C)(C)C)cc1. The van der Waals surface area contributed by atoms with E-state index in [0.29, 0.717) is 5.56 Å². The molecule has 0 fully saturated rings. The van der Waals surface area contributed by atoms with Crippen molar-refractivity contribution in [1.29, 1.82) is 0 Å². The Morgan fingerprint density at radius 3 is 2.37 bits per heavy atom. The van der Waals surface area contributed by atoms with Crippen molar-refractivity contribution in [2.24, 2.45) is 11.7 Å². The van der Waals surface area contributed by atoms with E-state index in [0.717, 1.165) is 17.7 Å². The number of nitrogens with zero attached hydrogens (tertiary/aromatic N) is 2. The molecule has 192 valence electrons. The van der Waals surface area contributed by atoms with Gasteiger partial charge in [-0.3, -0.25) is 14.9 Å². The van der Waals surface area contributed by atoms with Gasteiger partial charge in [-0.05, 0) is 56.4 Å². The second-order valence-electron chi connectivity index (χ2n) is 9.78. The van der Waals surface area contributed by atoms with Crippen LogP contribution in [0, 0.1) is 16.0 Å². The molecule has 35 heavy (non-hydrogen) atoms. The average molecular weight is 506 g/mol. The molecule has 0 aliphatic heterocycles. The summed E-state index contributed by atoms with van der Waals surface area (Å²) in [6.07, 6.45) is 1.01. The summed E-state index contributed by atoms with van der Waals surface area (Å²) in [7, 11) is 0. The van der Waals surface area contributed by atoms with Crippen LogP contribution in [-0.4, -0.2) is 45.1 Å². The third kappa shape index (κ3) is 7.92. The summed E-state index contributed by atoms with van der Waals surface area (Å²) in [5.74, 6) is 0.338. The van der Waals surface area contributed by atoms with E-state index in [2.05, 4.69) is 0 Å². The minimum atomic E-state index is -0.875. The molecule has 0 aliphatic carbocycles. The number of aliphatic hydroxyl groups is 1. The number of nitro groups is 1. The fraction of sp³-hybridized carbons (Fsp3) is 0.500. The van der Waals surface area contributed by atoms with Gasteiger partial charge in [0.1, 0.15) is 16.4 Å². The molecule has 0 bridgehead atoms. The molecule has 2 aromatic carbocycles. The fourth-order valence-electron chi connectivity index (χ4n) is 3.83. The summed E-state index contributed by atoms with van der Waals surface area (Å²) in [6.45, 7) is 9.54. The topological polar surface area (TPSA) is 119 Å². The van der Waals surface area contributed by atoms with E-state index in [1.165, 1.54) is 17.0 Å². The van der Waals surface area contributed by atoms with Crippen molar-refractivity contribution in [3.05, 3.63) is 68.7 Å². The first-order chi connectivity index (χ1) is 16.4. The number of nitro benzene ring substituents is 1. The standard InChI is InChI=1S/C26H36ClN3O5/c1-6-17(2)23(16-31)29(15-19-8-7-9-22(24(19)27)30(33)34)25(32)21(28)14-18-10-12-20(13-11-18)35-26(3,4)5/h7-13,17,21,23,31H,6,14-16,28H2,1-5H3/t17-,21-,23+/m0/s1. The van der Waals surface area contributed by atoms with Crippen molar-refractivity contribution < 1.29 is 19.6 Å². The Kier molecular flexibility index (Phi) is 10.1. The molecule has 3 N–H and O–H groups in total. The maximum absolute atomic E-state index is 13.5. The fourth-order valence-corrected chi connectivity index (χ4v) is 4.09. The van der Waals surface area contributed by atoms with Crippen LogP contribution < -0.4 is 10.5 Å². The predicted octanol–water partition coefficient (Wildman–Crippen LogP) is 4.73. The third-order valence-corrected chi connectivity index (χ3v) is 6.32. The van der Waals surface area contributed by atoms with Gasteiger partial charge < -0.3 is 20.5 Å². The van der Waals surface area contributed by atoms with Gasteiger partial charge in [-0.1, -0.05) is 56.1 Å². The Balaban J connectivity index is 2.30.